The third-order valence-corrected chi connectivity index (χ3v) is 5.88. The lowest BCUT2D eigenvalue weighted by atomic mass is 10.0. The number of aromatic nitrogens is 3. The van der Waals surface area contributed by atoms with Crippen LogP contribution in [0.25, 0.3) is 0 Å². The number of piperazine rings is 1. The molecule has 14 heteroatoms. The van der Waals surface area contributed by atoms with Crippen LogP contribution >= 0.6 is 0 Å². The van der Waals surface area contributed by atoms with Gasteiger partial charge in [-0.2, -0.15) is 15.0 Å². The summed E-state index contributed by atoms with van der Waals surface area (Å²) in [5, 5.41) is 40.0. The summed E-state index contributed by atoms with van der Waals surface area (Å²) in [6.45, 7) is 4.37. The van der Waals surface area contributed by atoms with Gasteiger partial charge in [-0.05, 0) is 24.6 Å². The second kappa shape index (κ2) is 11.0. The number of aliphatic hydroxyl groups excluding tert-OH is 2. The van der Waals surface area contributed by atoms with Crippen molar-refractivity contribution in [3.63, 3.8) is 0 Å². The van der Waals surface area contributed by atoms with Crippen LogP contribution in [0.1, 0.15) is 18.6 Å². The van der Waals surface area contributed by atoms with Crippen LogP contribution < -0.4 is 20.9 Å². The van der Waals surface area contributed by atoms with E-state index in [1.807, 2.05) is 4.90 Å². The van der Waals surface area contributed by atoms with Crippen LogP contribution in [0.5, 0.6) is 0 Å². The number of nitro benzene ring substituents is 1. The maximum atomic E-state index is 11.0. The molecule has 0 saturated carbocycles. The maximum Gasteiger partial charge on any atom is 0.269 e. The fourth-order valence-corrected chi connectivity index (χ4v) is 3.79. The molecule has 4 rings (SSSR count). The molecule has 0 bridgehead atoms. The van der Waals surface area contributed by atoms with Gasteiger partial charge in [0.2, 0.25) is 17.8 Å². The average molecular weight is 491 g/mol. The SMILES string of the molecule is CC(CO)(CO)Nc1nc(N[C@H]2COCO[C@H]2c2ccc([N+](=O)[O-])cc2)nc(N2CCNCC2)n1. The molecule has 2 aliphatic rings. The van der Waals surface area contributed by atoms with Crippen LogP contribution in [0.15, 0.2) is 24.3 Å². The number of hydrogen-bond donors (Lipinski definition) is 5. The maximum absolute atomic E-state index is 11.0. The highest BCUT2D eigenvalue weighted by atomic mass is 16.7. The lowest BCUT2D eigenvalue weighted by Gasteiger charge is -2.33. The summed E-state index contributed by atoms with van der Waals surface area (Å²) in [5.41, 5.74) is -0.285. The summed E-state index contributed by atoms with van der Waals surface area (Å²) in [4.78, 5) is 26.1. The predicted molar refractivity (Wildman–Crippen MR) is 126 cm³/mol. The van der Waals surface area contributed by atoms with Gasteiger partial charge < -0.3 is 40.5 Å². The summed E-state index contributed by atoms with van der Waals surface area (Å²) in [7, 11) is 0. The molecule has 35 heavy (non-hydrogen) atoms. The Labute approximate surface area is 201 Å². The van der Waals surface area contributed by atoms with Gasteiger partial charge in [-0.1, -0.05) is 0 Å². The molecule has 0 spiro atoms. The van der Waals surface area contributed by atoms with Crippen LogP contribution in [0, 0.1) is 10.1 Å². The predicted octanol–water partition coefficient (Wildman–Crippen LogP) is -0.129. The van der Waals surface area contributed by atoms with Crippen molar-refractivity contribution in [2.24, 2.45) is 0 Å². The number of non-ortho nitro benzene ring substituents is 1. The van der Waals surface area contributed by atoms with Gasteiger partial charge in [-0.3, -0.25) is 10.1 Å². The van der Waals surface area contributed by atoms with Crippen molar-refractivity contribution < 1.29 is 24.6 Å². The molecule has 0 aliphatic carbocycles. The second-order valence-corrected chi connectivity index (χ2v) is 8.70. The van der Waals surface area contributed by atoms with Crippen LogP contribution in [-0.2, 0) is 9.47 Å². The first-order valence-electron chi connectivity index (χ1n) is 11.3. The van der Waals surface area contributed by atoms with Crippen LogP contribution in [-0.4, -0.2) is 94.5 Å². The Morgan fingerprint density at radius 2 is 1.86 bits per heavy atom. The first kappa shape index (κ1) is 24.9. The highest BCUT2D eigenvalue weighted by Gasteiger charge is 2.31. The Kier molecular flexibility index (Phi) is 7.87. The lowest BCUT2D eigenvalue weighted by molar-refractivity contribution is -0.384. The van der Waals surface area contributed by atoms with E-state index in [4.69, 9.17) is 9.47 Å². The average Bonchev–Trinajstić information content (AvgIpc) is 2.89. The van der Waals surface area contributed by atoms with Gasteiger partial charge in [0.05, 0.1) is 36.3 Å². The highest BCUT2D eigenvalue weighted by molar-refractivity contribution is 5.46. The molecule has 2 aromatic rings. The van der Waals surface area contributed by atoms with Crippen molar-refractivity contribution in [3.8, 4) is 0 Å². The smallest absolute Gasteiger partial charge is 0.269 e. The van der Waals surface area contributed by atoms with Gasteiger partial charge >= 0.3 is 0 Å². The number of ether oxygens (including phenoxy) is 2. The van der Waals surface area contributed by atoms with E-state index >= 15 is 0 Å². The second-order valence-electron chi connectivity index (χ2n) is 8.70. The Balaban J connectivity index is 1.61. The zero-order valence-corrected chi connectivity index (χ0v) is 19.4. The fraction of sp³-hybridized carbons (Fsp3) is 0.571. The van der Waals surface area contributed by atoms with Crippen LogP contribution in [0.2, 0.25) is 0 Å². The number of nitrogens with zero attached hydrogens (tertiary/aromatic N) is 5. The third kappa shape index (κ3) is 6.10. The molecule has 190 valence electrons. The van der Waals surface area contributed by atoms with E-state index in [0.29, 0.717) is 25.6 Å². The molecule has 1 aromatic heterocycles. The van der Waals surface area contributed by atoms with Crippen molar-refractivity contribution in [1.29, 1.82) is 0 Å². The summed E-state index contributed by atoms with van der Waals surface area (Å²) in [6.07, 6.45) is -0.458. The molecule has 3 heterocycles. The Morgan fingerprint density at radius 3 is 2.51 bits per heavy atom. The van der Waals surface area contributed by atoms with Crippen molar-refractivity contribution in [2.45, 2.75) is 24.6 Å². The van der Waals surface area contributed by atoms with Crippen LogP contribution in [0.4, 0.5) is 23.5 Å². The van der Waals surface area contributed by atoms with E-state index in [2.05, 4.69) is 30.9 Å². The molecule has 0 amide bonds. The number of benzene rings is 1. The van der Waals surface area contributed by atoms with E-state index in [-0.39, 0.29) is 37.6 Å². The van der Waals surface area contributed by atoms with Gasteiger partial charge in [0.25, 0.3) is 5.69 Å². The summed E-state index contributed by atoms with van der Waals surface area (Å²) >= 11 is 0. The summed E-state index contributed by atoms with van der Waals surface area (Å²) in [5.74, 6) is 0.917. The lowest BCUT2D eigenvalue weighted by Crippen LogP contribution is -2.45. The molecule has 2 saturated heterocycles. The zero-order chi connectivity index (χ0) is 24.8. The molecule has 14 nitrogen and oxygen atoms in total. The number of nitrogens with one attached hydrogen (secondary N) is 3. The number of anilines is 3. The van der Waals surface area contributed by atoms with Gasteiger partial charge in [0, 0.05) is 38.3 Å². The standard InChI is InChI=1S/C21H30N8O6/c1-21(11-30,12-31)27-19-24-18(25-20(26-19)28-8-6-22-7-9-28)23-16-10-34-13-35-17(16)14-2-4-15(5-3-14)29(32)33/h2-5,16-17,22,30-31H,6-13H2,1H3,(H2,23,24,25,26,27)/t16-,17-/m0/s1. The van der Waals surface area contributed by atoms with E-state index in [0.717, 1.165) is 18.7 Å². The number of hydrogen-bond acceptors (Lipinski definition) is 13. The number of nitro groups is 1. The quantitative estimate of drug-likeness (QED) is 0.232. The van der Waals surface area contributed by atoms with E-state index in [9.17, 15) is 20.3 Å². The Hall–Kier alpha value is -3.17. The number of rotatable bonds is 9. The van der Waals surface area contributed by atoms with Crippen molar-refractivity contribution in [1.82, 2.24) is 20.3 Å². The van der Waals surface area contributed by atoms with Crippen molar-refractivity contribution in [3.05, 3.63) is 39.9 Å². The van der Waals surface area contributed by atoms with Gasteiger partial charge in [0.15, 0.2) is 0 Å². The number of aliphatic hydroxyl groups is 2. The van der Waals surface area contributed by atoms with Crippen molar-refractivity contribution in [2.75, 3.05) is 68.3 Å². The normalized spacial score (nSPS) is 20.9. The molecule has 2 aliphatic heterocycles. The topological polar surface area (TPSA) is 180 Å². The molecule has 0 radical (unpaired) electrons. The van der Waals surface area contributed by atoms with Gasteiger partial charge in [-0.25, -0.2) is 0 Å². The zero-order valence-electron chi connectivity index (χ0n) is 19.4. The molecule has 2 atom stereocenters. The van der Waals surface area contributed by atoms with Gasteiger partial charge in [0.1, 0.15) is 12.9 Å². The Bertz CT molecular complexity index is 1000. The molecule has 1 aromatic carbocycles. The van der Waals surface area contributed by atoms with E-state index in [1.165, 1.54) is 12.1 Å². The Morgan fingerprint density at radius 1 is 1.17 bits per heavy atom. The fourth-order valence-electron chi connectivity index (χ4n) is 3.79. The molecular weight excluding hydrogens is 460 g/mol. The van der Waals surface area contributed by atoms with E-state index < -0.39 is 22.6 Å². The highest BCUT2D eigenvalue weighted by Crippen LogP contribution is 2.29. The van der Waals surface area contributed by atoms with Gasteiger partial charge in [-0.15, -0.1) is 0 Å². The largest absolute Gasteiger partial charge is 0.394 e. The minimum absolute atomic E-state index is 0.00465. The third-order valence-electron chi connectivity index (χ3n) is 5.88. The minimum atomic E-state index is -1.03. The molecule has 5 N–H and O–H groups in total. The summed E-state index contributed by atoms with van der Waals surface area (Å²) < 4.78 is 11.3. The van der Waals surface area contributed by atoms with E-state index in [1.54, 1.807) is 19.1 Å². The van der Waals surface area contributed by atoms with Crippen LogP contribution in [0.3, 0.4) is 0 Å². The van der Waals surface area contributed by atoms with Crippen molar-refractivity contribution >= 4 is 23.5 Å². The molecule has 0 unspecified atom stereocenters. The summed E-state index contributed by atoms with van der Waals surface area (Å²) in [6, 6.07) is 5.79. The molecule has 2 fully saturated rings. The molecular formula is C21H30N8O6. The first-order chi connectivity index (χ1) is 16.9. The first-order valence-corrected chi connectivity index (χ1v) is 11.3. The minimum Gasteiger partial charge on any atom is -0.394 e. The monoisotopic (exact) mass is 490 g/mol.